The van der Waals surface area contributed by atoms with Gasteiger partial charge in [0.25, 0.3) is 0 Å². The fraction of sp³-hybridized carbons (Fsp3) is 0.676. The van der Waals surface area contributed by atoms with Crippen LogP contribution in [0.5, 0.6) is 0 Å². The van der Waals surface area contributed by atoms with Gasteiger partial charge in [-0.2, -0.15) is 0 Å². The molecule has 2 fully saturated rings. The molecule has 2 heteroatoms. The number of ether oxygens (including phenoxy) is 1. The summed E-state index contributed by atoms with van der Waals surface area (Å²) >= 11 is 0. The van der Waals surface area contributed by atoms with E-state index in [1.54, 1.807) is 0 Å². The molecular formula is C34H48O2. The van der Waals surface area contributed by atoms with E-state index in [0.717, 1.165) is 42.4 Å². The lowest BCUT2D eigenvalue weighted by Gasteiger charge is -2.57. The van der Waals surface area contributed by atoms with E-state index < -0.39 is 0 Å². The van der Waals surface area contributed by atoms with Crippen LogP contribution in [0, 0.1) is 46.3 Å². The van der Waals surface area contributed by atoms with Crippen LogP contribution in [-0.2, 0) is 4.74 Å². The Hall–Kier alpha value is -1.83. The van der Waals surface area contributed by atoms with Crippen LogP contribution in [0.4, 0.5) is 0 Å². The molecule has 0 amide bonds. The molecule has 0 aliphatic heterocycles. The zero-order chi connectivity index (χ0) is 25.5. The van der Waals surface area contributed by atoms with Gasteiger partial charge in [0.05, 0.1) is 5.56 Å². The maximum absolute atomic E-state index is 12.7. The summed E-state index contributed by atoms with van der Waals surface area (Å²) in [5.41, 5.74) is 2.78. The van der Waals surface area contributed by atoms with Crippen LogP contribution >= 0.6 is 0 Å². The number of allylic oxidation sites excluding steroid dienone is 3. The first-order valence-corrected chi connectivity index (χ1v) is 14.9. The second-order valence-electron chi connectivity index (χ2n) is 13.6. The highest BCUT2D eigenvalue weighted by molar-refractivity contribution is 5.89. The zero-order valence-electron chi connectivity index (χ0n) is 23.3. The van der Waals surface area contributed by atoms with Gasteiger partial charge in [0.2, 0.25) is 0 Å². The van der Waals surface area contributed by atoms with Crippen LogP contribution in [0.25, 0.3) is 0 Å². The summed E-state index contributed by atoms with van der Waals surface area (Å²) in [5.74, 6) is 4.64. The highest BCUT2D eigenvalue weighted by Crippen LogP contribution is 2.66. The molecule has 8 atom stereocenters. The molecule has 1 aromatic rings. The zero-order valence-corrected chi connectivity index (χ0v) is 23.3. The van der Waals surface area contributed by atoms with Crippen molar-refractivity contribution in [2.45, 2.75) is 98.5 Å². The summed E-state index contributed by atoms with van der Waals surface area (Å²) in [4.78, 5) is 12.7. The van der Waals surface area contributed by atoms with E-state index in [4.69, 9.17) is 4.74 Å². The molecule has 196 valence electrons. The molecule has 0 spiro atoms. The van der Waals surface area contributed by atoms with E-state index in [9.17, 15) is 4.79 Å². The van der Waals surface area contributed by atoms with Gasteiger partial charge in [0.1, 0.15) is 6.10 Å². The van der Waals surface area contributed by atoms with Crippen LogP contribution in [-0.4, -0.2) is 12.1 Å². The molecule has 4 aliphatic rings. The van der Waals surface area contributed by atoms with Crippen molar-refractivity contribution < 1.29 is 9.53 Å². The van der Waals surface area contributed by atoms with Crippen LogP contribution in [0.2, 0.25) is 0 Å². The Kier molecular flexibility index (Phi) is 7.27. The van der Waals surface area contributed by atoms with Gasteiger partial charge in [0.15, 0.2) is 0 Å². The summed E-state index contributed by atoms with van der Waals surface area (Å²) in [6, 6.07) is 9.41. The second kappa shape index (κ2) is 10.1. The number of carbonyl (C=O) groups is 1. The predicted molar refractivity (Wildman–Crippen MR) is 149 cm³/mol. The quantitative estimate of drug-likeness (QED) is 0.358. The van der Waals surface area contributed by atoms with Crippen molar-refractivity contribution in [1.82, 2.24) is 0 Å². The fourth-order valence-electron chi connectivity index (χ4n) is 9.02. The Bertz CT molecular complexity index is 990. The van der Waals surface area contributed by atoms with Gasteiger partial charge in [-0.05, 0) is 109 Å². The van der Waals surface area contributed by atoms with Crippen molar-refractivity contribution in [2.24, 2.45) is 46.3 Å². The Labute approximate surface area is 220 Å². The lowest BCUT2D eigenvalue weighted by Crippen LogP contribution is -2.49. The molecule has 2 nitrogen and oxygen atoms in total. The molecule has 4 aliphatic carbocycles. The monoisotopic (exact) mass is 488 g/mol. The first-order chi connectivity index (χ1) is 17.2. The average molecular weight is 489 g/mol. The third-order valence-electron chi connectivity index (χ3n) is 11.1. The summed E-state index contributed by atoms with van der Waals surface area (Å²) in [5, 5.41) is 0. The maximum atomic E-state index is 12.7. The van der Waals surface area contributed by atoms with E-state index >= 15 is 0 Å². The van der Waals surface area contributed by atoms with Gasteiger partial charge in [-0.3, -0.25) is 0 Å². The molecular weight excluding hydrogens is 440 g/mol. The third-order valence-corrected chi connectivity index (χ3v) is 11.1. The number of benzene rings is 1. The lowest BCUT2D eigenvalue weighted by atomic mass is 9.48. The Morgan fingerprint density at radius 2 is 1.75 bits per heavy atom. The number of esters is 1. The number of fused-ring (bicyclic) bond motifs is 5. The molecule has 0 saturated heterocycles. The van der Waals surface area contributed by atoms with Gasteiger partial charge in [-0.15, -0.1) is 0 Å². The van der Waals surface area contributed by atoms with Gasteiger partial charge in [0, 0.05) is 0 Å². The van der Waals surface area contributed by atoms with Crippen molar-refractivity contribution in [2.75, 3.05) is 0 Å². The smallest absolute Gasteiger partial charge is 0.338 e. The van der Waals surface area contributed by atoms with E-state index in [0.29, 0.717) is 16.9 Å². The van der Waals surface area contributed by atoms with Crippen molar-refractivity contribution in [3.8, 4) is 0 Å². The van der Waals surface area contributed by atoms with E-state index in [1.165, 1.54) is 50.5 Å². The summed E-state index contributed by atoms with van der Waals surface area (Å²) < 4.78 is 5.93. The van der Waals surface area contributed by atoms with Crippen molar-refractivity contribution in [3.05, 3.63) is 59.7 Å². The molecule has 1 aromatic carbocycles. The standard InChI is InChI=1S/C34H48O2/c1-23(2)10-9-11-24(3)29-16-17-30-28-15-14-26-22-27(36-32(35)25-12-7-6-8-13-25)18-20-33(26,4)31(28)19-21-34(29,30)5/h6-8,12-15,22-24,27-31H,9-11,16-21H2,1-5H3/t24-,27-,28-,29+,30-,31-,33-,34+/m0/s1. The van der Waals surface area contributed by atoms with Crippen LogP contribution in [0.15, 0.2) is 54.1 Å². The normalized spacial score (nSPS) is 38.1. The number of hydrogen-bond donors (Lipinski definition) is 0. The molecule has 0 unspecified atom stereocenters. The molecule has 0 bridgehead atoms. The first kappa shape index (κ1) is 25.8. The molecule has 0 N–H and O–H groups in total. The lowest BCUT2D eigenvalue weighted by molar-refractivity contribution is -0.0316. The summed E-state index contributed by atoms with van der Waals surface area (Å²) in [7, 11) is 0. The Morgan fingerprint density at radius 1 is 0.972 bits per heavy atom. The molecule has 0 heterocycles. The summed E-state index contributed by atoms with van der Waals surface area (Å²) in [6.07, 6.45) is 19.0. The van der Waals surface area contributed by atoms with Crippen molar-refractivity contribution >= 4 is 5.97 Å². The minimum Gasteiger partial charge on any atom is -0.455 e. The first-order valence-electron chi connectivity index (χ1n) is 14.9. The average Bonchev–Trinajstić information content (AvgIpc) is 3.22. The van der Waals surface area contributed by atoms with E-state index in [-0.39, 0.29) is 17.5 Å². The molecule has 0 radical (unpaired) electrons. The SMILES string of the molecule is CC(C)CCC[C@H](C)[C@H]1CC[C@H]2[C@@H]3C=CC4=C[C@@H](OC(=O)c5ccccc5)CC[C@]4(C)[C@H]3CC[C@]12C. The number of carbonyl (C=O) groups excluding carboxylic acids is 1. The predicted octanol–water partition coefficient (Wildman–Crippen LogP) is 9.03. The third kappa shape index (κ3) is 4.63. The Balaban J connectivity index is 1.30. The van der Waals surface area contributed by atoms with E-state index in [2.05, 4.69) is 52.8 Å². The highest BCUT2D eigenvalue weighted by Gasteiger charge is 2.58. The highest BCUT2D eigenvalue weighted by atomic mass is 16.5. The number of hydrogen-bond acceptors (Lipinski definition) is 2. The van der Waals surface area contributed by atoms with Crippen LogP contribution in [0.3, 0.4) is 0 Å². The van der Waals surface area contributed by atoms with Crippen molar-refractivity contribution in [3.63, 3.8) is 0 Å². The largest absolute Gasteiger partial charge is 0.455 e. The minimum atomic E-state index is -0.202. The molecule has 0 aromatic heterocycles. The van der Waals surface area contributed by atoms with Gasteiger partial charge < -0.3 is 4.74 Å². The fourth-order valence-corrected chi connectivity index (χ4v) is 9.02. The topological polar surface area (TPSA) is 26.3 Å². The molecule has 5 rings (SSSR count). The van der Waals surface area contributed by atoms with Crippen LogP contribution in [0.1, 0.15) is 103 Å². The molecule has 2 saturated carbocycles. The summed E-state index contributed by atoms with van der Waals surface area (Å²) in [6.45, 7) is 12.4. The maximum Gasteiger partial charge on any atom is 0.338 e. The minimum absolute atomic E-state index is 0.113. The van der Waals surface area contributed by atoms with E-state index in [1.807, 2.05) is 30.3 Å². The van der Waals surface area contributed by atoms with Gasteiger partial charge in [-0.1, -0.05) is 84.2 Å². The Morgan fingerprint density at radius 3 is 2.50 bits per heavy atom. The number of rotatable bonds is 7. The second-order valence-corrected chi connectivity index (χ2v) is 13.6. The van der Waals surface area contributed by atoms with Crippen molar-refractivity contribution in [1.29, 1.82) is 0 Å². The van der Waals surface area contributed by atoms with Gasteiger partial charge in [-0.25, -0.2) is 4.79 Å². The molecule has 36 heavy (non-hydrogen) atoms. The van der Waals surface area contributed by atoms with Crippen LogP contribution < -0.4 is 0 Å². The van der Waals surface area contributed by atoms with Gasteiger partial charge >= 0.3 is 5.97 Å².